The van der Waals surface area contributed by atoms with Crippen LogP contribution < -0.4 is 5.32 Å². The average molecular weight is 252 g/mol. The van der Waals surface area contributed by atoms with Crippen LogP contribution in [0.25, 0.3) is 5.57 Å². The molecule has 0 heterocycles. The Labute approximate surface area is 113 Å². The van der Waals surface area contributed by atoms with Gasteiger partial charge in [-0.05, 0) is 11.6 Å². The number of benzene rings is 1. The van der Waals surface area contributed by atoms with Gasteiger partial charge in [-0.2, -0.15) is 0 Å². The van der Waals surface area contributed by atoms with Gasteiger partial charge >= 0.3 is 0 Å². The predicted molar refractivity (Wildman–Crippen MR) is 79.8 cm³/mol. The topological polar surface area (TPSA) is 41.5 Å². The molecule has 1 rings (SSSR count). The summed E-state index contributed by atoms with van der Waals surface area (Å²) in [7, 11) is 1.58. The molecule has 0 aliphatic carbocycles. The lowest BCUT2D eigenvalue weighted by Gasteiger charge is -2.02. The van der Waals surface area contributed by atoms with Crippen LogP contribution in [0.3, 0.4) is 0 Å². The van der Waals surface area contributed by atoms with Crippen LogP contribution in [0.2, 0.25) is 0 Å². The summed E-state index contributed by atoms with van der Waals surface area (Å²) in [5.74, 6) is 2.32. The molecule has 0 aliphatic rings. The van der Waals surface area contributed by atoms with Crippen molar-refractivity contribution in [3.63, 3.8) is 0 Å². The van der Waals surface area contributed by atoms with Gasteiger partial charge in [-0.15, -0.1) is 6.42 Å². The van der Waals surface area contributed by atoms with Crippen molar-refractivity contribution in [2.75, 3.05) is 13.6 Å². The van der Waals surface area contributed by atoms with Gasteiger partial charge in [0.1, 0.15) is 6.54 Å². The van der Waals surface area contributed by atoms with Crippen molar-refractivity contribution in [1.82, 2.24) is 5.32 Å². The van der Waals surface area contributed by atoms with E-state index in [1.165, 1.54) is 0 Å². The van der Waals surface area contributed by atoms with Gasteiger partial charge < -0.3 is 5.32 Å². The zero-order valence-corrected chi connectivity index (χ0v) is 10.9. The summed E-state index contributed by atoms with van der Waals surface area (Å²) in [6.45, 7) is 3.83. The van der Waals surface area contributed by atoms with Crippen molar-refractivity contribution in [3.8, 4) is 12.3 Å². The second-order valence-electron chi connectivity index (χ2n) is 3.78. The van der Waals surface area contributed by atoms with E-state index in [0.717, 1.165) is 11.1 Å². The number of nitrogens with zero attached hydrogens (tertiary/aromatic N) is 1. The van der Waals surface area contributed by atoms with Crippen molar-refractivity contribution >= 4 is 17.7 Å². The van der Waals surface area contributed by atoms with Gasteiger partial charge in [-0.3, -0.25) is 9.79 Å². The molecule has 0 atom stereocenters. The van der Waals surface area contributed by atoms with Crippen LogP contribution in [0.5, 0.6) is 0 Å². The lowest BCUT2D eigenvalue weighted by atomic mass is 10.0. The minimum atomic E-state index is -0.139. The van der Waals surface area contributed by atoms with Crippen LogP contribution in [-0.2, 0) is 4.79 Å². The number of carbonyl (C=O) groups excluding carboxylic acids is 1. The van der Waals surface area contributed by atoms with Crippen molar-refractivity contribution in [1.29, 1.82) is 0 Å². The molecule has 0 saturated carbocycles. The van der Waals surface area contributed by atoms with Crippen LogP contribution in [-0.4, -0.2) is 25.7 Å². The van der Waals surface area contributed by atoms with Gasteiger partial charge in [-0.25, -0.2) is 0 Å². The largest absolute Gasteiger partial charge is 0.358 e. The molecule has 0 fully saturated rings. The van der Waals surface area contributed by atoms with Crippen LogP contribution >= 0.6 is 0 Å². The Morgan fingerprint density at radius 3 is 2.74 bits per heavy atom. The Kier molecular flexibility index (Phi) is 5.84. The molecule has 96 valence electrons. The lowest BCUT2D eigenvalue weighted by Crippen LogP contribution is -2.20. The maximum atomic E-state index is 11.1. The molecule has 0 spiro atoms. The van der Waals surface area contributed by atoms with Gasteiger partial charge in [0.15, 0.2) is 0 Å². The quantitative estimate of drug-likeness (QED) is 0.486. The molecule has 1 aromatic carbocycles. The molecule has 1 N–H and O–H groups in total. The first-order chi connectivity index (χ1) is 9.17. The smallest absolute Gasteiger partial charge is 0.241 e. The number of nitrogens with one attached hydrogen (secondary N) is 1. The lowest BCUT2D eigenvalue weighted by molar-refractivity contribution is -0.119. The normalized spacial score (nSPS) is 11.1. The molecule has 3 heteroatoms. The summed E-state index contributed by atoms with van der Waals surface area (Å²) < 4.78 is 0. The summed E-state index contributed by atoms with van der Waals surface area (Å²) >= 11 is 0. The fourth-order valence-electron chi connectivity index (χ4n) is 1.36. The number of hydrogen-bond acceptors (Lipinski definition) is 2. The van der Waals surface area contributed by atoms with E-state index in [4.69, 9.17) is 6.42 Å². The van der Waals surface area contributed by atoms with Gasteiger partial charge in [0, 0.05) is 24.4 Å². The molecule has 3 nitrogen and oxygen atoms in total. The zero-order valence-electron chi connectivity index (χ0n) is 10.9. The Morgan fingerprint density at radius 1 is 1.47 bits per heavy atom. The van der Waals surface area contributed by atoms with Gasteiger partial charge in [0.25, 0.3) is 0 Å². The maximum absolute atomic E-state index is 11.1. The summed E-state index contributed by atoms with van der Waals surface area (Å²) in [4.78, 5) is 15.2. The molecule has 1 aromatic rings. The van der Waals surface area contributed by atoms with E-state index < -0.39 is 0 Å². The van der Waals surface area contributed by atoms with E-state index in [0.29, 0.717) is 5.57 Å². The summed E-state index contributed by atoms with van der Waals surface area (Å²) in [5, 5.41) is 2.51. The molecule has 0 radical (unpaired) electrons. The van der Waals surface area contributed by atoms with E-state index in [2.05, 4.69) is 22.8 Å². The number of rotatable bonds is 5. The van der Waals surface area contributed by atoms with Crippen molar-refractivity contribution in [3.05, 3.63) is 54.1 Å². The second-order valence-corrected chi connectivity index (χ2v) is 3.78. The maximum Gasteiger partial charge on any atom is 0.241 e. The van der Waals surface area contributed by atoms with Crippen molar-refractivity contribution in [2.24, 2.45) is 4.99 Å². The third-order valence-electron chi connectivity index (χ3n) is 2.37. The van der Waals surface area contributed by atoms with Crippen LogP contribution in [0, 0.1) is 12.3 Å². The number of carbonyl (C=O) groups is 1. The fourth-order valence-corrected chi connectivity index (χ4v) is 1.36. The van der Waals surface area contributed by atoms with E-state index in [1.54, 1.807) is 19.3 Å². The molecule has 0 unspecified atom stereocenters. The third kappa shape index (κ3) is 5.05. The Balaban J connectivity index is 2.95. The second kappa shape index (κ2) is 7.67. The van der Waals surface area contributed by atoms with Crippen molar-refractivity contribution in [2.45, 2.75) is 0 Å². The van der Waals surface area contributed by atoms with E-state index in [-0.39, 0.29) is 12.5 Å². The SMILES string of the molecule is C#CC(=C)/C=C(\C=N/CC(=O)NC)c1ccccc1. The molecule has 0 aromatic heterocycles. The van der Waals surface area contributed by atoms with Gasteiger partial charge in [-0.1, -0.05) is 42.8 Å². The van der Waals surface area contributed by atoms with E-state index in [9.17, 15) is 4.79 Å². The minimum Gasteiger partial charge on any atom is -0.358 e. The van der Waals surface area contributed by atoms with Crippen molar-refractivity contribution < 1.29 is 4.79 Å². The fraction of sp³-hybridized carbons (Fsp3) is 0.125. The summed E-state index contributed by atoms with van der Waals surface area (Å²) in [6.07, 6.45) is 8.69. The number of aliphatic imine (C=N–C) groups is 1. The standard InChI is InChI=1S/C16H16N2O/c1-4-13(2)10-15(11-18-12-16(19)17-3)14-8-6-5-7-9-14/h1,5-11H,2,12H2,3H3,(H,17,19)/b15-10+,18-11-. The molecular weight excluding hydrogens is 236 g/mol. The Hall–Kier alpha value is -2.60. The minimum absolute atomic E-state index is 0.0865. The van der Waals surface area contributed by atoms with Gasteiger partial charge in [0.05, 0.1) is 0 Å². The number of amides is 1. The van der Waals surface area contributed by atoms with E-state index in [1.807, 2.05) is 30.3 Å². The predicted octanol–water partition coefficient (Wildman–Crippen LogP) is 2.08. The number of hydrogen-bond donors (Lipinski definition) is 1. The average Bonchev–Trinajstić information content (AvgIpc) is 2.46. The summed E-state index contributed by atoms with van der Waals surface area (Å²) in [5.41, 5.74) is 2.36. The highest BCUT2D eigenvalue weighted by atomic mass is 16.1. The number of terminal acetylenes is 1. The first kappa shape index (κ1) is 14.5. The highest BCUT2D eigenvalue weighted by Gasteiger charge is 1.99. The monoisotopic (exact) mass is 252 g/mol. The molecule has 0 bridgehead atoms. The van der Waals surface area contributed by atoms with Crippen LogP contribution in [0.15, 0.2) is 53.6 Å². The van der Waals surface area contributed by atoms with Crippen LogP contribution in [0.4, 0.5) is 0 Å². The van der Waals surface area contributed by atoms with Gasteiger partial charge in [0.2, 0.25) is 5.91 Å². The summed E-state index contributed by atoms with van der Waals surface area (Å²) in [6, 6.07) is 9.67. The number of likely N-dealkylation sites (N-methyl/N-ethyl adjacent to an activating group) is 1. The Morgan fingerprint density at radius 2 is 2.16 bits per heavy atom. The Bertz CT molecular complexity index is 548. The molecule has 1 amide bonds. The third-order valence-corrected chi connectivity index (χ3v) is 2.37. The molecule has 19 heavy (non-hydrogen) atoms. The first-order valence-corrected chi connectivity index (χ1v) is 5.80. The zero-order chi connectivity index (χ0) is 14.1. The van der Waals surface area contributed by atoms with E-state index >= 15 is 0 Å². The highest BCUT2D eigenvalue weighted by Crippen LogP contribution is 2.13. The molecule has 0 aliphatic heterocycles. The number of allylic oxidation sites excluding steroid dienone is 3. The highest BCUT2D eigenvalue weighted by molar-refractivity contribution is 6.11. The van der Waals surface area contributed by atoms with Crippen LogP contribution in [0.1, 0.15) is 5.56 Å². The molecular formula is C16H16N2O. The first-order valence-electron chi connectivity index (χ1n) is 5.80. The molecule has 0 saturated heterocycles.